The molecule has 1 atom stereocenters. The smallest absolute Gasteiger partial charge is 0.203 e. The van der Waals surface area contributed by atoms with E-state index in [1.807, 2.05) is 12.1 Å². The molecule has 1 unspecified atom stereocenters. The van der Waals surface area contributed by atoms with E-state index >= 15 is 0 Å². The van der Waals surface area contributed by atoms with Crippen molar-refractivity contribution in [2.75, 3.05) is 39.3 Å². The van der Waals surface area contributed by atoms with Crippen LogP contribution in [0.2, 0.25) is 0 Å². The lowest BCUT2D eigenvalue weighted by Crippen LogP contribution is -2.37. The first-order valence-electron chi connectivity index (χ1n) is 7.40. The van der Waals surface area contributed by atoms with E-state index in [0.717, 1.165) is 25.2 Å². The summed E-state index contributed by atoms with van der Waals surface area (Å²) >= 11 is 0. The van der Waals surface area contributed by atoms with Crippen LogP contribution in [0.1, 0.15) is 20.3 Å². The Hall–Kier alpha value is -1.62. The van der Waals surface area contributed by atoms with Gasteiger partial charge in [0.2, 0.25) is 5.75 Å². The number of benzene rings is 1. The molecular weight excluding hydrogens is 268 g/mol. The first-order chi connectivity index (χ1) is 10.1. The normalized spacial score (nSPS) is 18.2. The van der Waals surface area contributed by atoms with E-state index in [-0.39, 0.29) is 0 Å². The van der Waals surface area contributed by atoms with Crippen LogP contribution in [0.25, 0.3) is 0 Å². The fourth-order valence-electron chi connectivity index (χ4n) is 2.85. The molecule has 0 spiro atoms. The highest BCUT2D eigenvalue weighted by molar-refractivity contribution is 5.64. The lowest BCUT2D eigenvalue weighted by Gasteiger charge is -2.22. The van der Waals surface area contributed by atoms with Crippen LogP contribution in [-0.4, -0.2) is 46.5 Å². The summed E-state index contributed by atoms with van der Waals surface area (Å²) in [5.41, 5.74) is 1.11. The Morgan fingerprint density at radius 1 is 1.10 bits per heavy atom. The van der Waals surface area contributed by atoms with E-state index in [9.17, 15) is 0 Å². The van der Waals surface area contributed by atoms with E-state index < -0.39 is 0 Å². The second kappa shape index (κ2) is 6.89. The SMILES string of the molecule is COc1cc(N2CCC(NC(C)C)C2)cc(OC)c1OC. The topological polar surface area (TPSA) is 43.0 Å². The summed E-state index contributed by atoms with van der Waals surface area (Å²) in [5, 5.41) is 3.59. The molecule has 1 heterocycles. The summed E-state index contributed by atoms with van der Waals surface area (Å²) in [6.45, 7) is 6.39. The highest BCUT2D eigenvalue weighted by Gasteiger charge is 2.25. The molecule has 0 aromatic heterocycles. The van der Waals surface area contributed by atoms with E-state index in [2.05, 4.69) is 24.1 Å². The van der Waals surface area contributed by atoms with Crippen LogP contribution in [-0.2, 0) is 0 Å². The second-order valence-corrected chi connectivity index (χ2v) is 5.64. The van der Waals surface area contributed by atoms with E-state index in [1.165, 1.54) is 0 Å². The minimum atomic E-state index is 0.509. The number of methoxy groups -OCH3 is 3. The van der Waals surface area contributed by atoms with Crippen LogP contribution in [0.15, 0.2) is 12.1 Å². The second-order valence-electron chi connectivity index (χ2n) is 5.64. The van der Waals surface area contributed by atoms with Crippen molar-refractivity contribution in [3.05, 3.63) is 12.1 Å². The maximum atomic E-state index is 5.42. The molecule has 0 bridgehead atoms. The Morgan fingerprint density at radius 2 is 1.71 bits per heavy atom. The molecule has 1 N–H and O–H groups in total. The Kier molecular flexibility index (Phi) is 5.17. The maximum absolute atomic E-state index is 5.42. The Bertz CT molecular complexity index is 452. The minimum Gasteiger partial charge on any atom is -0.493 e. The fourth-order valence-corrected chi connectivity index (χ4v) is 2.85. The predicted molar refractivity (Wildman–Crippen MR) is 85.0 cm³/mol. The summed E-state index contributed by atoms with van der Waals surface area (Å²) in [6, 6.07) is 5.07. The third kappa shape index (κ3) is 3.53. The minimum absolute atomic E-state index is 0.509. The molecule has 5 heteroatoms. The summed E-state index contributed by atoms with van der Waals surface area (Å²) < 4.78 is 16.2. The zero-order valence-electron chi connectivity index (χ0n) is 13.6. The number of hydrogen-bond donors (Lipinski definition) is 1. The van der Waals surface area contributed by atoms with Gasteiger partial charge >= 0.3 is 0 Å². The molecular formula is C16H26N2O3. The molecule has 1 aromatic rings. The molecule has 1 aliphatic heterocycles. The fraction of sp³-hybridized carbons (Fsp3) is 0.625. The summed E-state index contributed by atoms with van der Waals surface area (Å²) in [4.78, 5) is 2.35. The van der Waals surface area contributed by atoms with Crippen LogP contribution in [0.5, 0.6) is 17.2 Å². The molecule has 21 heavy (non-hydrogen) atoms. The Morgan fingerprint density at radius 3 is 2.19 bits per heavy atom. The quantitative estimate of drug-likeness (QED) is 0.872. The van der Waals surface area contributed by atoms with Crippen molar-refractivity contribution in [2.45, 2.75) is 32.4 Å². The Labute approximate surface area is 127 Å². The van der Waals surface area contributed by atoms with Gasteiger partial charge < -0.3 is 24.4 Å². The van der Waals surface area contributed by atoms with E-state index in [4.69, 9.17) is 14.2 Å². The predicted octanol–water partition coefficient (Wildman–Crippen LogP) is 2.29. The summed E-state index contributed by atoms with van der Waals surface area (Å²) in [7, 11) is 4.92. The third-order valence-corrected chi connectivity index (χ3v) is 3.77. The van der Waals surface area contributed by atoms with Gasteiger partial charge in [0.05, 0.1) is 21.3 Å². The highest BCUT2D eigenvalue weighted by atomic mass is 16.5. The highest BCUT2D eigenvalue weighted by Crippen LogP contribution is 2.41. The van der Waals surface area contributed by atoms with Crippen LogP contribution in [0.4, 0.5) is 5.69 Å². The number of rotatable bonds is 6. The van der Waals surface area contributed by atoms with Gasteiger partial charge in [0.1, 0.15) is 0 Å². The lowest BCUT2D eigenvalue weighted by atomic mass is 10.2. The van der Waals surface area contributed by atoms with Crippen LogP contribution < -0.4 is 24.4 Å². The number of anilines is 1. The molecule has 1 aromatic carbocycles. The first kappa shape index (κ1) is 15.8. The number of nitrogens with one attached hydrogen (secondary N) is 1. The van der Waals surface area contributed by atoms with Crippen molar-refractivity contribution in [1.29, 1.82) is 0 Å². The molecule has 1 saturated heterocycles. The average molecular weight is 294 g/mol. The van der Waals surface area contributed by atoms with Crippen molar-refractivity contribution < 1.29 is 14.2 Å². The van der Waals surface area contributed by atoms with Crippen molar-refractivity contribution in [1.82, 2.24) is 5.32 Å². The molecule has 0 radical (unpaired) electrons. The van der Waals surface area contributed by atoms with Gasteiger partial charge in [-0.25, -0.2) is 0 Å². The van der Waals surface area contributed by atoms with Gasteiger partial charge in [-0.05, 0) is 6.42 Å². The molecule has 5 nitrogen and oxygen atoms in total. The standard InChI is InChI=1S/C16H26N2O3/c1-11(2)17-12-6-7-18(10-12)13-8-14(19-3)16(21-5)15(9-13)20-4/h8-9,11-12,17H,6-7,10H2,1-5H3. The maximum Gasteiger partial charge on any atom is 0.203 e. The number of ether oxygens (including phenoxy) is 3. The molecule has 2 rings (SSSR count). The molecule has 118 valence electrons. The number of nitrogens with zero attached hydrogens (tertiary/aromatic N) is 1. The van der Waals surface area contributed by atoms with E-state index in [1.54, 1.807) is 21.3 Å². The van der Waals surface area contributed by atoms with Crippen LogP contribution >= 0.6 is 0 Å². The third-order valence-electron chi connectivity index (χ3n) is 3.77. The van der Waals surface area contributed by atoms with Crippen molar-refractivity contribution in [3.63, 3.8) is 0 Å². The zero-order chi connectivity index (χ0) is 15.4. The first-order valence-corrected chi connectivity index (χ1v) is 7.40. The van der Waals surface area contributed by atoms with Crippen LogP contribution in [0, 0.1) is 0 Å². The van der Waals surface area contributed by atoms with Gasteiger partial charge in [-0.3, -0.25) is 0 Å². The Balaban J connectivity index is 2.21. The monoisotopic (exact) mass is 294 g/mol. The van der Waals surface area contributed by atoms with Gasteiger partial charge in [-0.1, -0.05) is 13.8 Å². The van der Waals surface area contributed by atoms with Crippen molar-refractivity contribution in [2.24, 2.45) is 0 Å². The summed E-state index contributed by atoms with van der Waals surface area (Å²) in [5.74, 6) is 2.04. The van der Waals surface area contributed by atoms with Gasteiger partial charge in [-0.2, -0.15) is 0 Å². The molecule has 1 fully saturated rings. The van der Waals surface area contributed by atoms with Crippen LogP contribution in [0.3, 0.4) is 0 Å². The average Bonchev–Trinajstić information content (AvgIpc) is 2.93. The van der Waals surface area contributed by atoms with Gasteiger partial charge in [0.15, 0.2) is 11.5 Å². The van der Waals surface area contributed by atoms with E-state index in [0.29, 0.717) is 29.3 Å². The van der Waals surface area contributed by atoms with Crippen molar-refractivity contribution >= 4 is 5.69 Å². The van der Waals surface area contributed by atoms with Gasteiger partial charge in [0.25, 0.3) is 0 Å². The van der Waals surface area contributed by atoms with Gasteiger partial charge in [0, 0.05) is 43.0 Å². The molecule has 0 aliphatic carbocycles. The lowest BCUT2D eigenvalue weighted by molar-refractivity contribution is 0.324. The molecule has 0 amide bonds. The van der Waals surface area contributed by atoms with Crippen molar-refractivity contribution in [3.8, 4) is 17.2 Å². The molecule has 0 saturated carbocycles. The number of hydrogen-bond acceptors (Lipinski definition) is 5. The van der Waals surface area contributed by atoms with Gasteiger partial charge in [-0.15, -0.1) is 0 Å². The zero-order valence-corrected chi connectivity index (χ0v) is 13.6. The largest absolute Gasteiger partial charge is 0.493 e. The molecule has 1 aliphatic rings. The summed E-state index contributed by atoms with van der Waals surface area (Å²) in [6.07, 6.45) is 1.15.